The fourth-order valence-electron chi connectivity index (χ4n) is 3.64. The monoisotopic (exact) mass is 258 g/mol. The lowest BCUT2D eigenvalue weighted by Gasteiger charge is -2.38. The van der Waals surface area contributed by atoms with Gasteiger partial charge in [0.2, 0.25) is 0 Å². The minimum atomic E-state index is 0.00361. The van der Waals surface area contributed by atoms with Gasteiger partial charge in [-0.3, -0.25) is 4.79 Å². The summed E-state index contributed by atoms with van der Waals surface area (Å²) in [6, 6.07) is 6.42. The molecule has 19 heavy (non-hydrogen) atoms. The summed E-state index contributed by atoms with van der Waals surface area (Å²) in [5.41, 5.74) is 2.50. The van der Waals surface area contributed by atoms with Gasteiger partial charge in [0.1, 0.15) is 5.75 Å². The topological polar surface area (TPSA) is 26.3 Å². The van der Waals surface area contributed by atoms with Gasteiger partial charge in [-0.2, -0.15) is 0 Å². The third kappa shape index (κ3) is 2.18. The van der Waals surface area contributed by atoms with Crippen LogP contribution in [0.2, 0.25) is 0 Å². The fraction of sp³-hybridized carbons (Fsp3) is 0.588. The lowest BCUT2D eigenvalue weighted by Crippen LogP contribution is -2.36. The zero-order valence-electron chi connectivity index (χ0n) is 11.8. The molecular formula is C17H22O2. The van der Waals surface area contributed by atoms with E-state index in [1.165, 1.54) is 24.0 Å². The molecule has 1 aromatic carbocycles. The smallest absolute Gasteiger partial charge is 0.314 e. The Kier molecular flexibility index (Phi) is 3.34. The van der Waals surface area contributed by atoms with Crippen LogP contribution in [0.1, 0.15) is 56.6 Å². The second-order valence-corrected chi connectivity index (χ2v) is 5.95. The second-order valence-electron chi connectivity index (χ2n) is 5.95. The van der Waals surface area contributed by atoms with Crippen molar-refractivity contribution in [2.24, 2.45) is 11.8 Å². The van der Waals surface area contributed by atoms with Gasteiger partial charge in [0.25, 0.3) is 0 Å². The number of carbonyl (C=O) groups excluding carboxylic acids is 1. The molecule has 1 saturated carbocycles. The van der Waals surface area contributed by atoms with Crippen molar-refractivity contribution in [3.05, 3.63) is 29.3 Å². The summed E-state index contributed by atoms with van der Waals surface area (Å²) in [6.07, 6.45) is 5.56. The lowest BCUT2D eigenvalue weighted by atomic mass is 9.69. The van der Waals surface area contributed by atoms with Crippen molar-refractivity contribution in [3.8, 4) is 5.75 Å². The third-order valence-electron chi connectivity index (χ3n) is 4.94. The standard InChI is InChI=1S/C17H22O2/c1-3-11-5-7-13-14-8-6-12(4-2)10-16(14)19-17(18)15(13)9-11/h6,8,10-11,13,15H,3-5,7,9H2,1-2H3. The number of rotatable bonds is 2. The minimum Gasteiger partial charge on any atom is -0.426 e. The van der Waals surface area contributed by atoms with Crippen molar-refractivity contribution in [1.29, 1.82) is 0 Å². The maximum atomic E-state index is 12.2. The number of esters is 1. The van der Waals surface area contributed by atoms with Crippen LogP contribution in [0.5, 0.6) is 5.75 Å². The molecule has 1 aromatic rings. The quantitative estimate of drug-likeness (QED) is 0.590. The Morgan fingerprint density at radius 3 is 2.79 bits per heavy atom. The van der Waals surface area contributed by atoms with Crippen molar-refractivity contribution in [3.63, 3.8) is 0 Å². The molecular weight excluding hydrogens is 236 g/mol. The first-order chi connectivity index (χ1) is 9.22. The van der Waals surface area contributed by atoms with E-state index < -0.39 is 0 Å². The van der Waals surface area contributed by atoms with Crippen molar-refractivity contribution in [1.82, 2.24) is 0 Å². The highest BCUT2D eigenvalue weighted by Crippen LogP contribution is 2.47. The Morgan fingerprint density at radius 1 is 1.21 bits per heavy atom. The Balaban J connectivity index is 1.93. The van der Waals surface area contributed by atoms with E-state index in [4.69, 9.17) is 4.74 Å². The van der Waals surface area contributed by atoms with Gasteiger partial charge in [0.05, 0.1) is 5.92 Å². The Labute approximate surface area is 115 Å². The average Bonchev–Trinajstić information content (AvgIpc) is 2.46. The van der Waals surface area contributed by atoms with Gasteiger partial charge in [-0.05, 0) is 48.8 Å². The minimum absolute atomic E-state index is 0.00361. The molecule has 0 spiro atoms. The molecule has 1 aliphatic carbocycles. The van der Waals surface area contributed by atoms with Crippen LogP contribution in [0.25, 0.3) is 0 Å². The molecule has 2 nitrogen and oxygen atoms in total. The normalized spacial score (nSPS) is 29.4. The molecule has 0 N–H and O–H groups in total. The zero-order chi connectivity index (χ0) is 13.4. The molecule has 1 fully saturated rings. The van der Waals surface area contributed by atoms with Gasteiger partial charge in [-0.15, -0.1) is 0 Å². The molecule has 3 atom stereocenters. The maximum absolute atomic E-state index is 12.2. The number of benzene rings is 1. The van der Waals surface area contributed by atoms with E-state index in [0.29, 0.717) is 11.8 Å². The van der Waals surface area contributed by atoms with Gasteiger partial charge in [-0.25, -0.2) is 0 Å². The van der Waals surface area contributed by atoms with Gasteiger partial charge in [0, 0.05) is 5.92 Å². The maximum Gasteiger partial charge on any atom is 0.314 e. The highest BCUT2D eigenvalue weighted by molar-refractivity contribution is 5.79. The molecule has 0 aromatic heterocycles. The predicted octanol–water partition coefficient (Wildman–Crippen LogP) is 4.08. The third-order valence-corrected chi connectivity index (χ3v) is 4.94. The van der Waals surface area contributed by atoms with Crippen molar-refractivity contribution < 1.29 is 9.53 Å². The second kappa shape index (κ2) is 4.99. The molecule has 1 heterocycles. The van der Waals surface area contributed by atoms with Gasteiger partial charge < -0.3 is 4.74 Å². The predicted molar refractivity (Wildman–Crippen MR) is 75.3 cm³/mol. The molecule has 1 aliphatic heterocycles. The molecule has 3 rings (SSSR count). The number of hydrogen-bond donors (Lipinski definition) is 0. The lowest BCUT2D eigenvalue weighted by molar-refractivity contribution is -0.143. The van der Waals surface area contributed by atoms with E-state index in [1.807, 2.05) is 0 Å². The first-order valence-corrected chi connectivity index (χ1v) is 7.57. The van der Waals surface area contributed by atoms with Gasteiger partial charge >= 0.3 is 5.97 Å². The molecule has 0 radical (unpaired) electrons. The molecule has 2 heteroatoms. The van der Waals surface area contributed by atoms with E-state index in [1.54, 1.807) is 0 Å². The van der Waals surface area contributed by atoms with Crippen LogP contribution in [0.4, 0.5) is 0 Å². The van der Waals surface area contributed by atoms with E-state index in [9.17, 15) is 4.79 Å². The van der Waals surface area contributed by atoms with Gasteiger partial charge in [-0.1, -0.05) is 32.4 Å². The van der Waals surface area contributed by atoms with Crippen LogP contribution in [0, 0.1) is 11.8 Å². The van der Waals surface area contributed by atoms with Crippen molar-refractivity contribution in [2.75, 3.05) is 0 Å². The average molecular weight is 258 g/mol. The summed E-state index contributed by atoms with van der Waals surface area (Å²) < 4.78 is 5.60. The Hall–Kier alpha value is -1.31. The molecule has 0 saturated heterocycles. The highest BCUT2D eigenvalue weighted by atomic mass is 16.5. The number of fused-ring (bicyclic) bond motifs is 3. The van der Waals surface area contributed by atoms with Crippen molar-refractivity contribution >= 4 is 5.97 Å². The molecule has 102 valence electrons. The Morgan fingerprint density at radius 2 is 2.05 bits per heavy atom. The van der Waals surface area contributed by atoms with E-state index in [-0.39, 0.29) is 11.9 Å². The van der Waals surface area contributed by atoms with Crippen LogP contribution in [-0.2, 0) is 11.2 Å². The van der Waals surface area contributed by atoms with E-state index in [2.05, 4.69) is 32.0 Å². The molecule has 0 amide bonds. The summed E-state index contributed by atoms with van der Waals surface area (Å²) in [4.78, 5) is 12.2. The first kappa shape index (κ1) is 12.7. The molecule has 3 unspecified atom stereocenters. The van der Waals surface area contributed by atoms with E-state index in [0.717, 1.165) is 25.0 Å². The van der Waals surface area contributed by atoms with Crippen molar-refractivity contribution in [2.45, 2.75) is 51.9 Å². The van der Waals surface area contributed by atoms with Gasteiger partial charge in [0.15, 0.2) is 0 Å². The fourth-order valence-corrected chi connectivity index (χ4v) is 3.64. The largest absolute Gasteiger partial charge is 0.426 e. The molecule has 0 bridgehead atoms. The summed E-state index contributed by atoms with van der Waals surface area (Å²) in [6.45, 7) is 4.35. The van der Waals surface area contributed by atoms with Crippen LogP contribution in [-0.4, -0.2) is 5.97 Å². The number of carbonyl (C=O) groups is 1. The SMILES string of the molecule is CCc1ccc2c(c1)OC(=O)C1CC(CC)CCC21. The van der Waals surface area contributed by atoms with Crippen LogP contribution >= 0.6 is 0 Å². The number of ether oxygens (including phenoxy) is 1. The van der Waals surface area contributed by atoms with Crippen LogP contribution in [0.15, 0.2) is 18.2 Å². The number of aryl methyl sites for hydroxylation is 1. The Bertz CT molecular complexity index is 492. The number of hydrogen-bond acceptors (Lipinski definition) is 2. The molecule has 2 aliphatic rings. The summed E-state index contributed by atoms with van der Waals surface area (Å²) in [5, 5.41) is 0. The zero-order valence-corrected chi connectivity index (χ0v) is 11.8. The highest BCUT2D eigenvalue weighted by Gasteiger charge is 2.41. The summed E-state index contributed by atoms with van der Waals surface area (Å²) in [5.74, 6) is 2.01. The first-order valence-electron chi connectivity index (χ1n) is 7.57. The summed E-state index contributed by atoms with van der Waals surface area (Å²) >= 11 is 0. The van der Waals surface area contributed by atoms with E-state index >= 15 is 0 Å². The van der Waals surface area contributed by atoms with Crippen LogP contribution in [0.3, 0.4) is 0 Å². The van der Waals surface area contributed by atoms with Crippen LogP contribution < -0.4 is 4.74 Å². The summed E-state index contributed by atoms with van der Waals surface area (Å²) in [7, 11) is 0.